The van der Waals surface area contributed by atoms with Crippen LogP contribution in [0.2, 0.25) is 0 Å². The fourth-order valence-electron chi connectivity index (χ4n) is 1.97. The maximum atomic E-state index is 13.9. The molecule has 2 N–H and O–H groups in total. The molecule has 2 aromatic rings. The summed E-state index contributed by atoms with van der Waals surface area (Å²) in [6.45, 7) is 1.97. The number of hydrogen-bond acceptors (Lipinski definition) is 4. The molecule has 0 aliphatic carbocycles. The van der Waals surface area contributed by atoms with Crippen molar-refractivity contribution in [3.05, 3.63) is 59.2 Å². The molecule has 1 atom stereocenters. The highest BCUT2D eigenvalue weighted by Crippen LogP contribution is 2.20. The molecule has 0 amide bonds. The van der Waals surface area contributed by atoms with Gasteiger partial charge >= 0.3 is 0 Å². The molecule has 0 radical (unpaired) electrons. The molecule has 108 valence electrons. The fourth-order valence-corrected chi connectivity index (χ4v) is 1.97. The summed E-state index contributed by atoms with van der Waals surface area (Å²) in [5.41, 5.74) is 7.42. The molecule has 4 nitrogen and oxygen atoms in total. The first-order valence-electron chi connectivity index (χ1n) is 6.61. The van der Waals surface area contributed by atoms with Gasteiger partial charge in [-0.2, -0.15) is 5.26 Å². The Hall–Kier alpha value is -2.45. The molecular weight excluding hydrogens is 269 g/mol. The van der Waals surface area contributed by atoms with Gasteiger partial charge in [0.1, 0.15) is 18.4 Å². The van der Waals surface area contributed by atoms with E-state index in [9.17, 15) is 4.39 Å². The molecule has 0 bridgehead atoms. The van der Waals surface area contributed by atoms with Gasteiger partial charge in [0.05, 0.1) is 0 Å². The summed E-state index contributed by atoms with van der Waals surface area (Å²) >= 11 is 0. The molecular formula is C16H16FN3O. The van der Waals surface area contributed by atoms with Gasteiger partial charge in [0.2, 0.25) is 0 Å². The Morgan fingerprint density at radius 2 is 2.24 bits per heavy atom. The van der Waals surface area contributed by atoms with Crippen molar-refractivity contribution in [2.75, 3.05) is 0 Å². The number of pyridine rings is 1. The van der Waals surface area contributed by atoms with E-state index in [0.717, 1.165) is 5.56 Å². The molecule has 0 spiro atoms. The smallest absolute Gasteiger partial charge is 0.165 e. The zero-order chi connectivity index (χ0) is 15.2. The first-order chi connectivity index (χ1) is 10.1. The van der Waals surface area contributed by atoms with Crippen LogP contribution < -0.4 is 10.5 Å². The zero-order valence-electron chi connectivity index (χ0n) is 11.7. The summed E-state index contributed by atoms with van der Waals surface area (Å²) in [6, 6.07) is 10.2. The quantitative estimate of drug-likeness (QED) is 0.916. The number of nitrogens with two attached hydrogens (primary N) is 1. The monoisotopic (exact) mass is 285 g/mol. The first-order valence-corrected chi connectivity index (χ1v) is 6.61. The van der Waals surface area contributed by atoms with E-state index in [2.05, 4.69) is 4.98 Å². The first kappa shape index (κ1) is 14.9. The molecule has 0 saturated carbocycles. The van der Waals surface area contributed by atoms with Crippen molar-refractivity contribution in [2.45, 2.75) is 26.0 Å². The lowest BCUT2D eigenvalue weighted by atomic mass is 10.1. The Morgan fingerprint density at radius 1 is 1.43 bits per heavy atom. The maximum absolute atomic E-state index is 13.9. The SMILES string of the molecule is CC(N)Cc1ccc(OCc2cccnc2C#N)c(F)c1. The third-order valence-corrected chi connectivity index (χ3v) is 2.93. The second-order valence-electron chi connectivity index (χ2n) is 4.86. The van der Waals surface area contributed by atoms with Gasteiger partial charge < -0.3 is 10.5 Å². The molecule has 0 aliphatic rings. The summed E-state index contributed by atoms with van der Waals surface area (Å²) in [5.74, 6) is -0.285. The van der Waals surface area contributed by atoms with Gasteiger partial charge in [-0.3, -0.25) is 0 Å². The summed E-state index contributed by atoms with van der Waals surface area (Å²) < 4.78 is 19.4. The van der Waals surface area contributed by atoms with Gasteiger partial charge in [0, 0.05) is 17.8 Å². The van der Waals surface area contributed by atoms with Crippen molar-refractivity contribution in [1.82, 2.24) is 4.98 Å². The Balaban J connectivity index is 2.08. The second kappa shape index (κ2) is 6.82. The van der Waals surface area contributed by atoms with E-state index < -0.39 is 5.82 Å². The van der Waals surface area contributed by atoms with Crippen LogP contribution in [0.25, 0.3) is 0 Å². The van der Waals surface area contributed by atoms with Crippen LogP contribution in [-0.2, 0) is 13.0 Å². The Morgan fingerprint density at radius 3 is 2.90 bits per heavy atom. The molecule has 0 fully saturated rings. The van der Waals surface area contributed by atoms with Gasteiger partial charge in [-0.25, -0.2) is 9.37 Å². The Bertz CT molecular complexity index is 665. The summed E-state index contributed by atoms with van der Waals surface area (Å²) in [4.78, 5) is 3.93. The van der Waals surface area contributed by atoms with E-state index >= 15 is 0 Å². The minimum absolute atomic E-state index is 0.0234. The number of ether oxygens (including phenoxy) is 1. The third kappa shape index (κ3) is 4.01. The fraction of sp³-hybridized carbons (Fsp3) is 0.250. The van der Waals surface area contributed by atoms with E-state index in [1.54, 1.807) is 24.3 Å². The average molecular weight is 285 g/mol. The minimum Gasteiger partial charge on any atom is -0.486 e. The lowest BCUT2D eigenvalue weighted by Gasteiger charge is -2.10. The van der Waals surface area contributed by atoms with E-state index in [-0.39, 0.29) is 24.1 Å². The highest BCUT2D eigenvalue weighted by Gasteiger charge is 2.08. The number of halogens is 1. The van der Waals surface area contributed by atoms with E-state index in [0.29, 0.717) is 12.0 Å². The van der Waals surface area contributed by atoms with Crippen LogP contribution in [0.15, 0.2) is 36.5 Å². The predicted molar refractivity (Wildman–Crippen MR) is 77.0 cm³/mol. The van der Waals surface area contributed by atoms with Crippen LogP contribution in [0.3, 0.4) is 0 Å². The van der Waals surface area contributed by atoms with Gasteiger partial charge in [0.15, 0.2) is 11.6 Å². The number of nitrogens with zero attached hydrogens (tertiary/aromatic N) is 2. The van der Waals surface area contributed by atoms with Gasteiger partial charge in [-0.15, -0.1) is 0 Å². The molecule has 5 heteroatoms. The van der Waals surface area contributed by atoms with Crippen molar-refractivity contribution >= 4 is 0 Å². The van der Waals surface area contributed by atoms with Crippen LogP contribution >= 0.6 is 0 Å². The zero-order valence-corrected chi connectivity index (χ0v) is 11.7. The van der Waals surface area contributed by atoms with Gasteiger partial charge in [-0.05, 0) is 37.1 Å². The standard InChI is InChI=1S/C16H16FN3O/c1-11(19)7-12-4-5-16(14(17)8-12)21-10-13-3-2-6-20-15(13)9-18/h2-6,8,11H,7,10,19H2,1H3. The predicted octanol–water partition coefficient (Wildman–Crippen LogP) is 2.56. The van der Waals surface area contributed by atoms with Crippen LogP contribution in [0.4, 0.5) is 4.39 Å². The molecule has 0 saturated heterocycles. The number of hydrogen-bond donors (Lipinski definition) is 1. The second-order valence-corrected chi connectivity index (χ2v) is 4.86. The minimum atomic E-state index is -0.435. The number of aromatic nitrogens is 1. The molecule has 2 rings (SSSR count). The van der Waals surface area contributed by atoms with Crippen LogP contribution in [0.1, 0.15) is 23.7 Å². The molecule has 21 heavy (non-hydrogen) atoms. The third-order valence-electron chi connectivity index (χ3n) is 2.93. The largest absolute Gasteiger partial charge is 0.486 e. The van der Waals surface area contributed by atoms with Crippen molar-refractivity contribution in [3.8, 4) is 11.8 Å². The van der Waals surface area contributed by atoms with Crippen LogP contribution in [-0.4, -0.2) is 11.0 Å². The van der Waals surface area contributed by atoms with E-state index in [4.69, 9.17) is 15.7 Å². The number of rotatable bonds is 5. The van der Waals surface area contributed by atoms with E-state index in [1.165, 1.54) is 12.3 Å². The van der Waals surface area contributed by atoms with Crippen molar-refractivity contribution < 1.29 is 9.13 Å². The molecule has 1 heterocycles. The lowest BCUT2D eigenvalue weighted by molar-refractivity contribution is 0.289. The summed E-state index contributed by atoms with van der Waals surface area (Å²) in [6.07, 6.45) is 2.14. The molecule has 1 aromatic heterocycles. The molecule has 0 aliphatic heterocycles. The number of nitriles is 1. The maximum Gasteiger partial charge on any atom is 0.165 e. The van der Waals surface area contributed by atoms with E-state index in [1.807, 2.05) is 13.0 Å². The van der Waals surface area contributed by atoms with Crippen molar-refractivity contribution in [1.29, 1.82) is 5.26 Å². The van der Waals surface area contributed by atoms with Crippen LogP contribution in [0.5, 0.6) is 5.75 Å². The lowest BCUT2D eigenvalue weighted by Crippen LogP contribution is -2.17. The molecule has 1 unspecified atom stereocenters. The Labute approximate surface area is 123 Å². The average Bonchev–Trinajstić information content (AvgIpc) is 2.46. The summed E-state index contributed by atoms with van der Waals surface area (Å²) in [5, 5.41) is 8.94. The topological polar surface area (TPSA) is 71.9 Å². The number of benzene rings is 1. The van der Waals surface area contributed by atoms with Crippen LogP contribution in [0, 0.1) is 17.1 Å². The van der Waals surface area contributed by atoms with Gasteiger partial charge in [-0.1, -0.05) is 12.1 Å². The molecule has 1 aromatic carbocycles. The normalized spacial score (nSPS) is 11.7. The summed E-state index contributed by atoms with van der Waals surface area (Å²) in [7, 11) is 0. The highest BCUT2D eigenvalue weighted by atomic mass is 19.1. The van der Waals surface area contributed by atoms with Crippen molar-refractivity contribution in [2.24, 2.45) is 5.73 Å². The van der Waals surface area contributed by atoms with Gasteiger partial charge in [0.25, 0.3) is 0 Å². The Kier molecular flexibility index (Phi) is 4.85. The highest BCUT2D eigenvalue weighted by molar-refractivity contribution is 5.32. The van der Waals surface area contributed by atoms with Crippen molar-refractivity contribution in [3.63, 3.8) is 0 Å².